The highest BCUT2D eigenvalue weighted by molar-refractivity contribution is 5.85. The Balaban J connectivity index is 0.00000147. The van der Waals surface area contributed by atoms with Gasteiger partial charge >= 0.3 is 0 Å². The van der Waals surface area contributed by atoms with Crippen molar-refractivity contribution >= 4 is 12.4 Å². The summed E-state index contributed by atoms with van der Waals surface area (Å²) >= 11 is 0. The Labute approximate surface area is 127 Å². The van der Waals surface area contributed by atoms with Crippen molar-refractivity contribution < 1.29 is 4.74 Å². The molecule has 1 saturated heterocycles. The summed E-state index contributed by atoms with van der Waals surface area (Å²) in [5, 5.41) is 0. The molecule has 3 rings (SSSR count). The molecule has 2 N–H and O–H groups in total. The minimum absolute atomic E-state index is 0. The van der Waals surface area contributed by atoms with Crippen molar-refractivity contribution in [3.63, 3.8) is 0 Å². The third-order valence-corrected chi connectivity index (χ3v) is 5.00. The molecule has 0 radical (unpaired) electrons. The van der Waals surface area contributed by atoms with Gasteiger partial charge in [0.05, 0.1) is 5.60 Å². The number of hydrogen-bond acceptors (Lipinski definition) is 3. The second-order valence-corrected chi connectivity index (χ2v) is 6.20. The molecular formula is C16H25ClN2O. The van der Waals surface area contributed by atoms with Crippen LogP contribution in [0.2, 0.25) is 0 Å². The maximum absolute atomic E-state index is 6.18. The number of hydrogen-bond donors (Lipinski definition) is 1. The van der Waals surface area contributed by atoms with Gasteiger partial charge in [0, 0.05) is 23.9 Å². The van der Waals surface area contributed by atoms with Crippen molar-refractivity contribution in [2.75, 3.05) is 13.2 Å². The molecule has 1 aromatic rings. The van der Waals surface area contributed by atoms with Gasteiger partial charge in [-0.2, -0.15) is 0 Å². The van der Waals surface area contributed by atoms with Gasteiger partial charge in [0.15, 0.2) is 0 Å². The van der Waals surface area contributed by atoms with Crippen LogP contribution in [-0.4, -0.2) is 23.7 Å². The van der Waals surface area contributed by atoms with Crippen molar-refractivity contribution in [2.24, 2.45) is 5.73 Å². The molecule has 1 aliphatic carbocycles. The van der Waals surface area contributed by atoms with Gasteiger partial charge in [0.25, 0.3) is 0 Å². The number of rotatable bonds is 3. The first-order valence-corrected chi connectivity index (χ1v) is 7.54. The number of aromatic nitrogens is 1. The molecule has 1 spiro atoms. The maximum atomic E-state index is 6.18. The predicted octanol–water partition coefficient (Wildman–Crippen LogP) is 3.21. The molecule has 0 aromatic carbocycles. The molecule has 2 fully saturated rings. The topological polar surface area (TPSA) is 48.1 Å². The van der Waals surface area contributed by atoms with Gasteiger partial charge in [-0.15, -0.1) is 12.4 Å². The van der Waals surface area contributed by atoms with Crippen LogP contribution >= 0.6 is 12.4 Å². The molecular weight excluding hydrogens is 272 g/mol. The zero-order valence-electron chi connectivity index (χ0n) is 12.0. The molecule has 1 aromatic heterocycles. The first-order chi connectivity index (χ1) is 9.29. The Morgan fingerprint density at radius 2 is 2.00 bits per heavy atom. The summed E-state index contributed by atoms with van der Waals surface area (Å²) in [6.45, 7) is 1.59. The van der Waals surface area contributed by atoms with E-state index in [2.05, 4.69) is 17.1 Å². The van der Waals surface area contributed by atoms with Crippen LogP contribution in [0.3, 0.4) is 0 Å². The summed E-state index contributed by atoms with van der Waals surface area (Å²) < 4.78 is 6.18. The highest BCUT2D eigenvalue weighted by atomic mass is 35.5. The molecule has 1 saturated carbocycles. The molecule has 0 unspecified atom stereocenters. The van der Waals surface area contributed by atoms with Crippen LogP contribution in [0.5, 0.6) is 0 Å². The smallest absolute Gasteiger partial charge is 0.0691 e. The van der Waals surface area contributed by atoms with Crippen LogP contribution in [-0.2, 0) is 10.2 Å². The van der Waals surface area contributed by atoms with E-state index in [-0.39, 0.29) is 23.4 Å². The number of nitrogens with zero attached hydrogens (tertiary/aromatic N) is 1. The summed E-state index contributed by atoms with van der Waals surface area (Å²) in [4.78, 5) is 4.64. The molecule has 1 atom stereocenters. The predicted molar refractivity (Wildman–Crippen MR) is 83.2 cm³/mol. The Bertz CT molecular complexity index is 416. The second kappa shape index (κ2) is 6.42. The van der Waals surface area contributed by atoms with Gasteiger partial charge in [-0.05, 0) is 50.8 Å². The normalized spacial score (nSPS) is 28.2. The summed E-state index contributed by atoms with van der Waals surface area (Å²) in [5.74, 6) is 0. The largest absolute Gasteiger partial charge is 0.375 e. The number of pyridine rings is 1. The summed E-state index contributed by atoms with van der Waals surface area (Å²) in [6.07, 6.45) is 10.1. The van der Waals surface area contributed by atoms with Crippen LogP contribution in [0.15, 0.2) is 24.4 Å². The van der Waals surface area contributed by atoms with Crippen LogP contribution < -0.4 is 5.73 Å². The number of halogens is 1. The third-order valence-electron chi connectivity index (χ3n) is 5.00. The molecule has 1 aliphatic heterocycles. The molecule has 4 heteroatoms. The third kappa shape index (κ3) is 2.85. The van der Waals surface area contributed by atoms with E-state index in [1.165, 1.54) is 31.4 Å². The van der Waals surface area contributed by atoms with E-state index >= 15 is 0 Å². The fourth-order valence-electron chi connectivity index (χ4n) is 4.07. The van der Waals surface area contributed by atoms with E-state index in [0.717, 1.165) is 32.4 Å². The molecule has 2 aliphatic rings. The first kappa shape index (κ1) is 15.7. The van der Waals surface area contributed by atoms with Crippen molar-refractivity contribution in [3.8, 4) is 0 Å². The molecule has 0 bridgehead atoms. The molecule has 112 valence electrons. The monoisotopic (exact) mass is 296 g/mol. The molecule has 20 heavy (non-hydrogen) atoms. The van der Waals surface area contributed by atoms with Gasteiger partial charge in [0.1, 0.15) is 0 Å². The van der Waals surface area contributed by atoms with Gasteiger partial charge in [-0.1, -0.05) is 18.9 Å². The number of ether oxygens (including phenoxy) is 1. The van der Waals surface area contributed by atoms with Gasteiger partial charge in [0.2, 0.25) is 0 Å². The Morgan fingerprint density at radius 3 is 2.65 bits per heavy atom. The average Bonchev–Trinajstić information content (AvgIpc) is 2.88. The zero-order chi connectivity index (χ0) is 13.2. The van der Waals surface area contributed by atoms with Crippen molar-refractivity contribution in [2.45, 2.75) is 56.0 Å². The lowest BCUT2D eigenvalue weighted by atomic mass is 9.68. The lowest BCUT2D eigenvalue weighted by Gasteiger charge is -2.46. The highest BCUT2D eigenvalue weighted by Gasteiger charge is 2.48. The number of nitrogens with two attached hydrogens (primary N) is 1. The lowest BCUT2D eigenvalue weighted by Crippen LogP contribution is -2.47. The fourth-order valence-corrected chi connectivity index (χ4v) is 4.07. The van der Waals surface area contributed by atoms with Crippen LogP contribution in [0.25, 0.3) is 0 Å². The molecule has 3 nitrogen and oxygen atoms in total. The lowest BCUT2D eigenvalue weighted by molar-refractivity contribution is -0.104. The van der Waals surface area contributed by atoms with Crippen LogP contribution in [0, 0.1) is 0 Å². The average molecular weight is 297 g/mol. The van der Waals surface area contributed by atoms with Crippen molar-refractivity contribution in [3.05, 3.63) is 30.1 Å². The standard InChI is InChI=1S/C16H24N2O.ClH/c17-10-8-15(14-5-1-4-11-18-14)9-12-19-16(13-15)6-2-3-7-16;/h1,4-5,11H,2-3,6-10,12-13,17H2;1H/t15-;/m1./s1. The fraction of sp³-hybridized carbons (Fsp3) is 0.688. The van der Waals surface area contributed by atoms with E-state index in [1.807, 2.05) is 12.3 Å². The summed E-state index contributed by atoms with van der Waals surface area (Å²) in [5.41, 5.74) is 7.37. The summed E-state index contributed by atoms with van der Waals surface area (Å²) in [7, 11) is 0. The Hall–Kier alpha value is -0.640. The van der Waals surface area contributed by atoms with Gasteiger partial charge in [-0.25, -0.2) is 0 Å². The van der Waals surface area contributed by atoms with E-state index in [4.69, 9.17) is 10.5 Å². The van der Waals surface area contributed by atoms with E-state index in [9.17, 15) is 0 Å². The molecule has 2 heterocycles. The summed E-state index contributed by atoms with van der Waals surface area (Å²) in [6, 6.07) is 6.26. The SMILES string of the molecule is Cl.NCC[C@@]1(c2ccccn2)CCOC2(CCCC2)C1. The quantitative estimate of drug-likeness (QED) is 0.932. The van der Waals surface area contributed by atoms with Crippen LogP contribution in [0.4, 0.5) is 0 Å². The Morgan fingerprint density at radius 1 is 1.20 bits per heavy atom. The van der Waals surface area contributed by atoms with Gasteiger partial charge in [-0.3, -0.25) is 4.98 Å². The van der Waals surface area contributed by atoms with E-state index in [0.29, 0.717) is 0 Å². The second-order valence-electron chi connectivity index (χ2n) is 6.20. The minimum Gasteiger partial charge on any atom is -0.375 e. The maximum Gasteiger partial charge on any atom is 0.0691 e. The Kier molecular flexibility index (Phi) is 5.05. The molecule has 0 amide bonds. The highest BCUT2D eigenvalue weighted by Crippen LogP contribution is 2.49. The van der Waals surface area contributed by atoms with E-state index < -0.39 is 0 Å². The minimum atomic E-state index is 0. The first-order valence-electron chi connectivity index (χ1n) is 7.54. The van der Waals surface area contributed by atoms with E-state index in [1.54, 1.807) is 0 Å². The zero-order valence-corrected chi connectivity index (χ0v) is 12.8. The van der Waals surface area contributed by atoms with Gasteiger partial charge < -0.3 is 10.5 Å². The van der Waals surface area contributed by atoms with Crippen molar-refractivity contribution in [1.82, 2.24) is 4.98 Å². The van der Waals surface area contributed by atoms with Crippen LogP contribution in [0.1, 0.15) is 50.6 Å². The van der Waals surface area contributed by atoms with Crippen molar-refractivity contribution in [1.29, 1.82) is 0 Å².